The van der Waals surface area contributed by atoms with E-state index in [1.54, 1.807) is 6.20 Å². The molecule has 0 unspecified atom stereocenters. The van der Waals surface area contributed by atoms with E-state index in [0.29, 0.717) is 11.7 Å². The Balaban J connectivity index is 2.48. The Hall–Kier alpha value is -1.01. The van der Waals surface area contributed by atoms with E-state index in [0.717, 1.165) is 39.1 Å². The van der Waals surface area contributed by atoms with E-state index in [-0.39, 0.29) is 0 Å². The van der Waals surface area contributed by atoms with Crippen LogP contribution in [0.4, 0.5) is 5.82 Å². The second-order valence-electron chi connectivity index (χ2n) is 5.18. The Morgan fingerprint density at radius 3 is 2.57 bits per heavy atom. The maximum atomic E-state index is 4.66. The number of anilines is 1. The van der Waals surface area contributed by atoms with E-state index >= 15 is 0 Å². The molecule has 1 N–H and O–H groups in total. The van der Waals surface area contributed by atoms with Gasteiger partial charge in [-0.05, 0) is 57.2 Å². The van der Waals surface area contributed by atoms with Crippen LogP contribution in [0.15, 0.2) is 27.3 Å². The average Bonchev–Trinajstić information content (AvgIpc) is 2.37. The molecule has 0 atom stereocenters. The Bertz CT molecular complexity index is 629. The molecule has 0 amide bonds. The summed E-state index contributed by atoms with van der Waals surface area (Å²) in [6.45, 7) is 7.25. The molecule has 0 aliphatic carbocycles. The second-order valence-corrected chi connectivity index (χ2v) is 6.95. The first kappa shape index (κ1) is 16.4. The van der Waals surface area contributed by atoms with Crippen LogP contribution < -0.4 is 5.32 Å². The molecule has 0 aliphatic heterocycles. The summed E-state index contributed by atoms with van der Waals surface area (Å²) in [6, 6.07) is 3.97. The van der Waals surface area contributed by atoms with Gasteiger partial charge in [0.15, 0.2) is 5.82 Å². The van der Waals surface area contributed by atoms with Crippen LogP contribution in [-0.2, 0) is 6.42 Å². The summed E-state index contributed by atoms with van der Waals surface area (Å²) in [5, 5.41) is 3.26. The fourth-order valence-corrected chi connectivity index (χ4v) is 3.14. The molecule has 0 aromatic carbocycles. The number of hydrogen-bond donors (Lipinski definition) is 1. The van der Waals surface area contributed by atoms with Crippen molar-refractivity contribution in [2.75, 3.05) is 11.9 Å². The second kappa shape index (κ2) is 7.31. The van der Waals surface area contributed by atoms with Crippen molar-refractivity contribution in [2.24, 2.45) is 5.92 Å². The summed E-state index contributed by atoms with van der Waals surface area (Å²) in [5.74, 6) is 2.03. The first-order valence-electron chi connectivity index (χ1n) is 6.92. The molecule has 112 valence electrons. The number of aromatic nitrogens is 3. The molecule has 6 heteroatoms. The molecule has 0 saturated heterocycles. The monoisotopic (exact) mass is 412 g/mol. The zero-order chi connectivity index (χ0) is 15.4. The van der Waals surface area contributed by atoms with Crippen LogP contribution in [0, 0.1) is 5.92 Å². The van der Waals surface area contributed by atoms with Crippen molar-refractivity contribution in [2.45, 2.75) is 27.2 Å². The highest BCUT2D eigenvalue weighted by Crippen LogP contribution is 2.27. The van der Waals surface area contributed by atoms with Gasteiger partial charge in [0.05, 0.1) is 0 Å². The van der Waals surface area contributed by atoms with E-state index in [1.165, 1.54) is 0 Å². The number of nitrogens with one attached hydrogen (secondary N) is 1. The van der Waals surface area contributed by atoms with E-state index in [4.69, 9.17) is 0 Å². The molecule has 0 saturated carbocycles. The average molecular weight is 414 g/mol. The Labute approximate surface area is 142 Å². The maximum absolute atomic E-state index is 4.66. The van der Waals surface area contributed by atoms with Crippen LogP contribution >= 0.6 is 31.9 Å². The smallest absolute Gasteiger partial charge is 0.181 e. The maximum Gasteiger partial charge on any atom is 0.181 e. The number of nitrogens with zero attached hydrogens (tertiary/aromatic N) is 3. The zero-order valence-corrected chi connectivity index (χ0v) is 15.5. The van der Waals surface area contributed by atoms with Gasteiger partial charge < -0.3 is 5.32 Å². The lowest BCUT2D eigenvalue weighted by Crippen LogP contribution is -2.06. The highest BCUT2D eigenvalue weighted by Gasteiger charge is 2.12. The Kier molecular flexibility index (Phi) is 5.70. The van der Waals surface area contributed by atoms with Crippen molar-refractivity contribution < 1.29 is 0 Å². The summed E-state index contributed by atoms with van der Waals surface area (Å²) < 4.78 is 1.80. The fraction of sp³-hybridized carbons (Fsp3) is 0.400. The molecular formula is C15H18Br2N4. The minimum atomic E-state index is 0.545. The van der Waals surface area contributed by atoms with Gasteiger partial charge in [0.2, 0.25) is 0 Å². The first-order chi connectivity index (χ1) is 9.99. The molecule has 0 bridgehead atoms. The predicted molar refractivity (Wildman–Crippen MR) is 93.4 cm³/mol. The summed E-state index contributed by atoms with van der Waals surface area (Å²) in [4.78, 5) is 13.6. The molecule has 0 radical (unpaired) electrons. The predicted octanol–water partition coefficient (Wildman–Crippen LogP) is 4.69. The highest BCUT2D eigenvalue weighted by atomic mass is 79.9. The van der Waals surface area contributed by atoms with Gasteiger partial charge in [-0.3, -0.25) is 4.98 Å². The van der Waals surface area contributed by atoms with Gasteiger partial charge in [-0.15, -0.1) is 0 Å². The quantitative estimate of drug-likeness (QED) is 0.772. The molecule has 2 heterocycles. The molecule has 2 aromatic rings. The van der Waals surface area contributed by atoms with Gasteiger partial charge in [0.1, 0.15) is 11.5 Å². The van der Waals surface area contributed by atoms with Crippen LogP contribution in [0.3, 0.4) is 0 Å². The number of pyridine rings is 1. The highest BCUT2D eigenvalue weighted by molar-refractivity contribution is 9.11. The van der Waals surface area contributed by atoms with Gasteiger partial charge in [-0.2, -0.15) is 0 Å². The standard InChI is InChI=1S/C15H18Br2N4/c1-4-18-13-7-11(5-9(2)3)20-15(21-13)14-12(17)6-10(16)8-19-14/h6-9H,4-5H2,1-3H3,(H,18,20,21). The van der Waals surface area contributed by atoms with Gasteiger partial charge in [-0.1, -0.05) is 13.8 Å². The SMILES string of the molecule is CCNc1cc(CC(C)C)nc(-c2ncc(Br)cc2Br)n1. The van der Waals surface area contributed by atoms with Crippen molar-refractivity contribution in [3.8, 4) is 11.5 Å². The topological polar surface area (TPSA) is 50.7 Å². The minimum absolute atomic E-state index is 0.545. The van der Waals surface area contributed by atoms with E-state index in [1.807, 2.05) is 12.1 Å². The Morgan fingerprint density at radius 1 is 1.19 bits per heavy atom. The fourth-order valence-electron chi connectivity index (χ4n) is 1.98. The number of hydrogen-bond acceptors (Lipinski definition) is 4. The van der Waals surface area contributed by atoms with Gasteiger partial charge in [0, 0.05) is 33.4 Å². The molecule has 2 aromatic heterocycles. The van der Waals surface area contributed by atoms with Gasteiger partial charge >= 0.3 is 0 Å². The van der Waals surface area contributed by atoms with E-state index in [9.17, 15) is 0 Å². The van der Waals surface area contributed by atoms with Crippen LogP contribution in [0.2, 0.25) is 0 Å². The van der Waals surface area contributed by atoms with Crippen LogP contribution in [0.25, 0.3) is 11.5 Å². The summed E-state index contributed by atoms with van der Waals surface area (Å²) in [5.41, 5.74) is 1.78. The molecule has 0 aliphatic rings. The van der Waals surface area contributed by atoms with Gasteiger partial charge in [0.25, 0.3) is 0 Å². The van der Waals surface area contributed by atoms with Crippen LogP contribution in [-0.4, -0.2) is 21.5 Å². The largest absolute Gasteiger partial charge is 0.370 e. The number of halogens is 2. The number of rotatable bonds is 5. The van der Waals surface area contributed by atoms with Gasteiger partial charge in [-0.25, -0.2) is 9.97 Å². The van der Waals surface area contributed by atoms with Crippen molar-refractivity contribution in [3.05, 3.63) is 33.0 Å². The molecule has 2 rings (SSSR count). The normalized spacial score (nSPS) is 11.0. The molecule has 0 fully saturated rings. The van der Waals surface area contributed by atoms with Crippen molar-refractivity contribution >= 4 is 37.7 Å². The van der Waals surface area contributed by atoms with Crippen molar-refractivity contribution in [1.29, 1.82) is 0 Å². The lowest BCUT2D eigenvalue weighted by Gasteiger charge is -2.11. The van der Waals surface area contributed by atoms with Crippen LogP contribution in [0.5, 0.6) is 0 Å². The molecule has 4 nitrogen and oxygen atoms in total. The lowest BCUT2D eigenvalue weighted by atomic mass is 10.1. The van der Waals surface area contributed by atoms with Crippen molar-refractivity contribution in [3.63, 3.8) is 0 Å². The third-order valence-electron chi connectivity index (χ3n) is 2.77. The zero-order valence-electron chi connectivity index (χ0n) is 12.3. The van der Waals surface area contributed by atoms with E-state index < -0.39 is 0 Å². The summed E-state index contributed by atoms with van der Waals surface area (Å²) in [7, 11) is 0. The summed E-state index contributed by atoms with van der Waals surface area (Å²) in [6.07, 6.45) is 2.67. The third-order valence-corrected chi connectivity index (χ3v) is 3.81. The molecule has 0 spiro atoms. The van der Waals surface area contributed by atoms with E-state index in [2.05, 4.69) is 72.9 Å². The molecular weight excluding hydrogens is 396 g/mol. The molecule has 21 heavy (non-hydrogen) atoms. The summed E-state index contributed by atoms with van der Waals surface area (Å²) >= 11 is 6.94. The lowest BCUT2D eigenvalue weighted by molar-refractivity contribution is 0.634. The Morgan fingerprint density at radius 2 is 1.95 bits per heavy atom. The van der Waals surface area contributed by atoms with Crippen LogP contribution in [0.1, 0.15) is 26.5 Å². The van der Waals surface area contributed by atoms with Crippen molar-refractivity contribution in [1.82, 2.24) is 15.0 Å². The minimum Gasteiger partial charge on any atom is -0.370 e. The third kappa shape index (κ3) is 4.48. The first-order valence-corrected chi connectivity index (χ1v) is 8.51.